The number of nitrogens with zero attached hydrogens (tertiary/aromatic N) is 1. The van der Waals surface area contributed by atoms with E-state index in [1.165, 1.54) is 18.3 Å². The molecule has 0 bridgehead atoms. The number of fused-ring (bicyclic) bond motifs is 1. The lowest BCUT2D eigenvalue weighted by atomic mass is 9.93. The minimum atomic E-state index is -4.57. The first-order valence-electron chi connectivity index (χ1n) is 7.52. The van der Waals surface area contributed by atoms with Gasteiger partial charge in [-0.2, -0.15) is 13.2 Å². The van der Waals surface area contributed by atoms with Crippen molar-refractivity contribution in [1.82, 2.24) is 0 Å². The van der Waals surface area contributed by atoms with Crippen LogP contribution in [0, 0.1) is 5.82 Å². The lowest BCUT2D eigenvalue weighted by Gasteiger charge is -2.14. The molecule has 0 aromatic heterocycles. The summed E-state index contributed by atoms with van der Waals surface area (Å²) in [6, 6.07) is 5.37. The zero-order valence-corrected chi connectivity index (χ0v) is 13.2. The van der Waals surface area contributed by atoms with E-state index in [1.807, 2.05) is 0 Å². The van der Waals surface area contributed by atoms with Crippen molar-refractivity contribution in [3.8, 4) is 11.1 Å². The second kappa shape index (κ2) is 6.31. The zero-order chi connectivity index (χ0) is 18.2. The SMILES string of the molecule is CCOC(=O)c1ccc(F)c(-c2cc(C(F)(F)F)cc3c2C=NC3)c1. The Balaban J connectivity index is 2.19. The lowest BCUT2D eigenvalue weighted by Crippen LogP contribution is -2.08. The molecule has 0 spiro atoms. The van der Waals surface area contributed by atoms with Crippen molar-refractivity contribution in [3.05, 3.63) is 58.4 Å². The molecule has 7 heteroatoms. The van der Waals surface area contributed by atoms with Crippen LogP contribution in [0.2, 0.25) is 0 Å². The molecular weight excluding hydrogens is 338 g/mol. The van der Waals surface area contributed by atoms with Crippen molar-refractivity contribution < 1.29 is 27.1 Å². The van der Waals surface area contributed by atoms with Crippen molar-refractivity contribution >= 4 is 12.2 Å². The Bertz CT molecular complexity index is 872. The number of rotatable bonds is 3. The van der Waals surface area contributed by atoms with Crippen LogP contribution in [0.3, 0.4) is 0 Å². The van der Waals surface area contributed by atoms with Gasteiger partial charge in [-0.1, -0.05) is 0 Å². The Morgan fingerprint density at radius 2 is 1.96 bits per heavy atom. The van der Waals surface area contributed by atoms with E-state index in [9.17, 15) is 22.4 Å². The molecule has 2 aromatic rings. The predicted molar refractivity (Wildman–Crippen MR) is 84.1 cm³/mol. The fraction of sp³-hybridized carbons (Fsp3) is 0.222. The van der Waals surface area contributed by atoms with E-state index in [-0.39, 0.29) is 29.8 Å². The Kier molecular flexibility index (Phi) is 4.32. The number of ether oxygens (including phenoxy) is 1. The maximum Gasteiger partial charge on any atom is 0.416 e. The van der Waals surface area contributed by atoms with Gasteiger partial charge < -0.3 is 4.74 Å². The van der Waals surface area contributed by atoms with Gasteiger partial charge in [0.05, 0.1) is 24.3 Å². The number of carbonyl (C=O) groups excluding carboxylic acids is 1. The Hall–Kier alpha value is -2.70. The number of esters is 1. The largest absolute Gasteiger partial charge is 0.462 e. The van der Waals surface area contributed by atoms with Crippen LogP contribution in [0.25, 0.3) is 11.1 Å². The number of hydrogen-bond acceptors (Lipinski definition) is 3. The van der Waals surface area contributed by atoms with Crippen LogP contribution in [-0.4, -0.2) is 18.8 Å². The molecule has 1 heterocycles. The molecule has 0 atom stereocenters. The van der Waals surface area contributed by atoms with Crippen LogP contribution < -0.4 is 0 Å². The minimum Gasteiger partial charge on any atom is -0.462 e. The van der Waals surface area contributed by atoms with Gasteiger partial charge in [-0.3, -0.25) is 4.99 Å². The summed E-state index contributed by atoms with van der Waals surface area (Å²) in [5, 5.41) is 0. The third kappa shape index (κ3) is 3.26. The molecule has 0 unspecified atom stereocenters. The quantitative estimate of drug-likeness (QED) is 0.598. The summed E-state index contributed by atoms with van der Waals surface area (Å²) in [4.78, 5) is 15.8. The molecule has 130 valence electrons. The first-order chi connectivity index (χ1) is 11.8. The summed E-state index contributed by atoms with van der Waals surface area (Å²) in [6.45, 7) is 1.86. The minimum absolute atomic E-state index is 0.0507. The van der Waals surface area contributed by atoms with Crippen LogP contribution in [0.5, 0.6) is 0 Å². The van der Waals surface area contributed by atoms with E-state index in [0.717, 1.165) is 18.2 Å². The molecule has 3 nitrogen and oxygen atoms in total. The molecule has 0 N–H and O–H groups in total. The molecule has 0 radical (unpaired) electrons. The summed E-state index contributed by atoms with van der Waals surface area (Å²) in [7, 11) is 0. The molecule has 0 saturated carbocycles. The Morgan fingerprint density at radius 1 is 1.20 bits per heavy atom. The van der Waals surface area contributed by atoms with Gasteiger partial charge in [0.2, 0.25) is 0 Å². The molecule has 0 amide bonds. The molecule has 1 aliphatic rings. The number of alkyl halides is 3. The first kappa shape index (κ1) is 17.1. The average molecular weight is 351 g/mol. The highest BCUT2D eigenvalue weighted by molar-refractivity contribution is 5.96. The molecular formula is C18H13F4NO2. The summed E-state index contributed by atoms with van der Waals surface area (Å²) >= 11 is 0. The van der Waals surface area contributed by atoms with Gasteiger partial charge in [0.15, 0.2) is 0 Å². The van der Waals surface area contributed by atoms with E-state index < -0.39 is 23.5 Å². The van der Waals surface area contributed by atoms with Gasteiger partial charge in [-0.05, 0) is 48.4 Å². The number of aliphatic imine (C=N–C) groups is 1. The number of hydrogen-bond donors (Lipinski definition) is 0. The van der Waals surface area contributed by atoms with Crippen LogP contribution >= 0.6 is 0 Å². The molecule has 0 aliphatic carbocycles. The smallest absolute Gasteiger partial charge is 0.416 e. The van der Waals surface area contributed by atoms with Crippen LogP contribution in [0.4, 0.5) is 17.6 Å². The van der Waals surface area contributed by atoms with E-state index in [1.54, 1.807) is 6.92 Å². The summed E-state index contributed by atoms with van der Waals surface area (Å²) in [6.07, 6.45) is -3.15. The summed E-state index contributed by atoms with van der Waals surface area (Å²) < 4.78 is 58.6. The number of halogens is 4. The van der Waals surface area contributed by atoms with Gasteiger partial charge in [0.25, 0.3) is 0 Å². The van der Waals surface area contributed by atoms with E-state index in [4.69, 9.17) is 4.74 Å². The summed E-state index contributed by atoms with van der Waals surface area (Å²) in [5.74, 6) is -1.39. The molecule has 25 heavy (non-hydrogen) atoms. The molecule has 0 saturated heterocycles. The summed E-state index contributed by atoms with van der Waals surface area (Å²) in [5.41, 5.74) is -0.0679. The highest BCUT2D eigenvalue weighted by Crippen LogP contribution is 2.38. The highest BCUT2D eigenvalue weighted by atomic mass is 19.4. The normalized spacial score (nSPS) is 13.0. The second-order valence-corrected chi connectivity index (χ2v) is 5.48. The van der Waals surface area contributed by atoms with Gasteiger partial charge in [-0.25, -0.2) is 9.18 Å². The first-order valence-corrected chi connectivity index (χ1v) is 7.52. The third-order valence-electron chi connectivity index (χ3n) is 3.84. The van der Waals surface area contributed by atoms with Crippen molar-refractivity contribution in [2.75, 3.05) is 6.61 Å². The van der Waals surface area contributed by atoms with Crippen molar-refractivity contribution in [1.29, 1.82) is 0 Å². The van der Waals surface area contributed by atoms with Crippen molar-refractivity contribution in [2.45, 2.75) is 19.6 Å². The third-order valence-corrected chi connectivity index (χ3v) is 3.84. The van der Waals surface area contributed by atoms with Gasteiger partial charge in [0.1, 0.15) is 5.82 Å². The van der Waals surface area contributed by atoms with E-state index in [0.29, 0.717) is 11.1 Å². The van der Waals surface area contributed by atoms with Gasteiger partial charge in [0, 0.05) is 17.3 Å². The Labute approximate surface area is 141 Å². The van der Waals surface area contributed by atoms with Crippen LogP contribution in [-0.2, 0) is 17.5 Å². The number of carbonyl (C=O) groups is 1. The molecule has 2 aromatic carbocycles. The van der Waals surface area contributed by atoms with Gasteiger partial charge in [-0.15, -0.1) is 0 Å². The molecule has 3 rings (SSSR count). The average Bonchev–Trinajstić information content (AvgIpc) is 3.02. The predicted octanol–water partition coefficient (Wildman–Crippen LogP) is 4.62. The lowest BCUT2D eigenvalue weighted by molar-refractivity contribution is -0.137. The standard InChI is InChI=1S/C18H13F4NO2/c1-2-25-17(24)10-3-4-16(19)14(6-10)13-7-12(18(20,21)22)5-11-8-23-9-15(11)13/h3-7,9H,2,8H2,1H3. The van der Waals surface area contributed by atoms with Crippen molar-refractivity contribution in [3.63, 3.8) is 0 Å². The zero-order valence-electron chi connectivity index (χ0n) is 13.2. The van der Waals surface area contributed by atoms with Crippen LogP contribution in [0.1, 0.15) is 34.0 Å². The maximum absolute atomic E-state index is 14.3. The van der Waals surface area contributed by atoms with E-state index >= 15 is 0 Å². The fourth-order valence-electron chi connectivity index (χ4n) is 2.69. The molecule has 1 aliphatic heterocycles. The Morgan fingerprint density at radius 3 is 2.64 bits per heavy atom. The van der Waals surface area contributed by atoms with Crippen molar-refractivity contribution in [2.24, 2.45) is 4.99 Å². The van der Waals surface area contributed by atoms with Gasteiger partial charge >= 0.3 is 12.1 Å². The molecule has 0 fully saturated rings. The highest BCUT2D eigenvalue weighted by Gasteiger charge is 2.33. The maximum atomic E-state index is 14.3. The second-order valence-electron chi connectivity index (χ2n) is 5.48. The topological polar surface area (TPSA) is 38.7 Å². The van der Waals surface area contributed by atoms with Crippen LogP contribution in [0.15, 0.2) is 35.3 Å². The fourth-order valence-corrected chi connectivity index (χ4v) is 2.69. The number of benzene rings is 2. The van der Waals surface area contributed by atoms with E-state index in [2.05, 4.69) is 4.99 Å². The monoisotopic (exact) mass is 351 g/mol.